The Labute approximate surface area is 142 Å². The molecule has 6 nitrogen and oxygen atoms in total. The van der Waals surface area contributed by atoms with Gasteiger partial charge in [-0.3, -0.25) is 14.8 Å². The first-order valence-electron chi connectivity index (χ1n) is 8.42. The Morgan fingerprint density at radius 3 is 3.00 bits per heavy atom. The van der Waals surface area contributed by atoms with Crippen molar-refractivity contribution in [1.82, 2.24) is 20.4 Å². The molecular formula is C18H24N4O2. The van der Waals surface area contributed by atoms with Crippen LogP contribution in [0, 0.1) is 0 Å². The number of rotatable bonds is 7. The molecule has 1 atom stereocenters. The molecule has 128 valence electrons. The number of ether oxygens (including phenoxy) is 1. The van der Waals surface area contributed by atoms with Crippen LogP contribution in [0.5, 0.6) is 0 Å². The number of aromatic amines is 1. The largest absolute Gasteiger partial charge is 0.375 e. The number of carbonyl (C=O) groups is 1. The van der Waals surface area contributed by atoms with Crippen molar-refractivity contribution in [3.05, 3.63) is 53.9 Å². The molecule has 0 spiro atoms. The molecule has 6 heteroatoms. The fourth-order valence-electron chi connectivity index (χ4n) is 2.93. The summed E-state index contributed by atoms with van der Waals surface area (Å²) in [5, 5.41) is 9.62. The standard InChI is InChI=1S/C18H24N4O2/c23-18(19-7-6-16-11-20-21-12-16)10-17-14-22(8-9-24-17)13-15-4-2-1-3-5-15/h1-5,11-12,17H,6-10,13-14H2,(H,19,23)(H,20,21)/t17-/m1/s1. The molecule has 0 bridgehead atoms. The summed E-state index contributed by atoms with van der Waals surface area (Å²) in [6.07, 6.45) is 4.79. The van der Waals surface area contributed by atoms with Crippen molar-refractivity contribution in [2.24, 2.45) is 0 Å². The summed E-state index contributed by atoms with van der Waals surface area (Å²) in [5.74, 6) is 0.0463. The third-order valence-electron chi connectivity index (χ3n) is 4.18. The first kappa shape index (κ1) is 16.7. The molecule has 24 heavy (non-hydrogen) atoms. The smallest absolute Gasteiger partial charge is 0.222 e. The topological polar surface area (TPSA) is 70.2 Å². The number of hydrogen-bond acceptors (Lipinski definition) is 4. The van der Waals surface area contributed by atoms with Crippen molar-refractivity contribution in [2.75, 3.05) is 26.2 Å². The zero-order chi connectivity index (χ0) is 16.6. The van der Waals surface area contributed by atoms with E-state index < -0.39 is 0 Å². The predicted molar refractivity (Wildman–Crippen MR) is 91.4 cm³/mol. The molecule has 3 rings (SSSR count). The number of amides is 1. The van der Waals surface area contributed by atoms with Gasteiger partial charge in [-0.05, 0) is 17.5 Å². The Bertz CT molecular complexity index is 615. The van der Waals surface area contributed by atoms with Gasteiger partial charge in [-0.25, -0.2) is 0 Å². The maximum absolute atomic E-state index is 12.1. The number of morpholine rings is 1. The fraction of sp³-hybridized carbons (Fsp3) is 0.444. The predicted octanol–water partition coefficient (Wildman–Crippen LogP) is 1.36. The van der Waals surface area contributed by atoms with Gasteiger partial charge in [0, 0.05) is 32.4 Å². The van der Waals surface area contributed by atoms with E-state index in [4.69, 9.17) is 4.74 Å². The highest BCUT2D eigenvalue weighted by atomic mass is 16.5. The zero-order valence-electron chi connectivity index (χ0n) is 13.8. The number of benzene rings is 1. The number of nitrogens with zero attached hydrogens (tertiary/aromatic N) is 2. The summed E-state index contributed by atoms with van der Waals surface area (Å²) >= 11 is 0. The average molecular weight is 328 g/mol. The van der Waals surface area contributed by atoms with Crippen molar-refractivity contribution < 1.29 is 9.53 Å². The molecule has 2 N–H and O–H groups in total. The number of hydrogen-bond donors (Lipinski definition) is 2. The van der Waals surface area contributed by atoms with Crippen molar-refractivity contribution in [3.8, 4) is 0 Å². The van der Waals surface area contributed by atoms with Crippen LogP contribution in [-0.4, -0.2) is 53.3 Å². The molecule has 0 saturated carbocycles. The molecule has 1 amide bonds. The molecule has 0 unspecified atom stereocenters. The Kier molecular flexibility index (Phi) is 5.98. The highest BCUT2D eigenvalue weighted by Gasteiger charge is 2.22. The Morgan fingerprint density at radius 1 is 1.33 bits per heavy atom. The number of H-pyrrole nitrogens is 1. The van der Waals surface area contributed by atoms with E-state index in [1.165, 1.54) is 5.56 Å². The SMILES string of the molecule is O=C(C[C@@H]1CN(Cc2ccccc2)CCO1)NCCc1cn[nH]c1. The van der Waals surface area contributed by atoms with Crippen molar-refractivity contribution in [2.45, 2.75) is 25.5 Å². The highest BCUT2D eigenvalue weighted by molar-refractivity contribution is 5.76. The third-order valence-corrected chi connectivity index (χ3v) is 4.18. The second kappa shape index (κ2) is 8.61. The average Bonchev–Trinajstić information content (AvgIpc) is 3.09. The van der Waals surface area contributed by atoms with E-state index in [0.717, 1.165) is 31.6 Å². The van der Waals surface area contributed by atoms with Crippen molar-refractivity contribution >= 4 is 5.91 Å². The molecule has 0 aliphatic carbocycles. The van der Waals surface area contributed by atoms with Gasteiger partial charge in [-0.15, -0.1) is 0 Å². The van der Waals surface area contributed by atoms with Crippen molar-refractivity contribution in [3.63, 3.8) is 0 Å². The van der Waals surface area contributed by atoms with Crippen LogP contribution in [-0.2, 0) is 22.5 Å². The lowest BCUT2D eigenvalue weighted by Crippen LogP contribution is -2.44. The van der Waals surface area contributed by atoms with E-state index in [9.17, 15) is 4.79 Å². The molecule has 2 aromatic rings. The maximum Gasteiger partial charge on any atom is 0.222 e. The molecule has 1 aliphatic rings. The van der Waals surface area contributed by atoms with E-state index in [1.54, 1.807) is 6.20 Å². The summed E-state index contributed by atoms with van der Waals surface area (Å²) in [5.41, 5.74) is 2.39. The van der Waals surface area contributed by atoms with Crippen LogP contribution >= 0.6 is 0 Å². The molecule has 1 fully saturated rings. The van der Waals surface area contributed by atoms with Gasteiger partial charge in [-0.1, -0.05) is 30.3 Å². The monoisotopic (exact) mass is 328 g/mol. The summed E-state index contributed by atoms with van der Waals surface area (Å²) in [4.78, 5) is 14.4. The second-order valence-electron chi connectivity index (χ2n) is 6.12. The minimum atomic E-state index is -0.0311. The van der Waals surface area contributed by atoms with E-state index in [0.29, 0.717) is 19.6 Å². The minimum Gasteiger partial charge on any atom is -0.375 e. The molecule has 0 radical (unpaired) electrons. The van der Waals surface area contributed by atoms with E-state index in [1.807, 2.05) is 12.3 Å². The lowest BCUT2D eigenvalue weighted by Gasteiger charge is -2.32. The van der Waals surface area contributed by atoms with Gasteiger partial charge in [0.05, 0.1) is 25.3 Å². The van der Waals surface area contributed by atoms with Crippen molar-refractivity contribution in [1.29, 1.82) is 0 Å². The van der Waals surface area contributed by atoms with Gasteiger partial charge in [0.1, 0.15) is 0 Å². The van der Waals surface area contributed by atoms with Crippen LogP contribution in [0.4, 0.5) is 0 Å². The minimum absolute atomic E-state index is 0.0311. The van der Waals surface area contributed by atoms with Crippen LogP contribution < -0.4 is 5.32 Å². The van der Waals surface area contributed by atoms with Crippen LogP contribution in [0.1, 0.15) is 17.5 Å². The number of nitrogens with one attached hydrogen (secondary N) is 2. The third kappa shape index (κ3) is 5.18. The Hall–Kier alpha value is -2.18. The number of carbonyl (C=O) groups excluding carboxylic acids is 1. The normalized spacial score (nSPS) is 18.4. The summed E-state index contributed by atoms with van der Waals surface area (Å²) < 4.78 is 5.75. The van der Waals surface area contributed by atoms with Gasteiger partial charge < -0.3 is 10.1 Å². The second-order valence-corrected chi connectivity index (χ2v) is 6.12. The first-order chi connectivity index (χ1) is 11.8. The quantitative estimate of drug-likeness (QED) is 0.805. The summed E-state index contributed by atoms with van der Waals surface area (Å²) in [6, 6.07) is 10.4. The van der Waals surface area contributed by atoms with Crippen LogP contribution in [0.25, 0.3) is 0 Å². The maximum atomic E-state index is 12.1. The Balaban J connectivity index is 1.39. The van der Waals surface area contributed by atoms with Gasteiger partial charge >= 0.3 is 0 Å². The molecule has 1 aliphatic heterocycles. The lowest BCUT2D eigenvalue weighted by atomic mass is 10.1. The molecule has 1 aromatic heterocycles. The van der Waals surface area contributed by atoms with Gasteiger partial charge in [0.2, 0.25) is 5.91 Å². The number of aromatic nitrogens is 2. The van der Waals surface area contributed by atoms with E-state index in [2.05, 4.69) is 44.7 Å². The van der Waals surface area contributed by atoms with Crippen LogP contribution in [0.2, 0.25) is 0 Å². The van der Waals surface area contributed by atoms with E-state index >= 15 is 0 Å². The summed E-state index contributed by atoms with van der Waals surface area (Å²) in [7, 11) is 0. The first-order valence-corrected chi connectivity index (χ1v) is 8.42. The lowest BCUT2D eigenvalue weighted by molar-refractivity contribution is -0.126. The summed E-state index contributed by atoms with van der Waals surface area (Å²) in [6.45, 7) is 3.92. The molecule has 1 aromatic carbocycles. The fourth-order valence-corrected chi connectivity index (χ4v) is 2.93. The molecule has 2 heterocycles. The van der Waals surface area contributed by atoms with Gasteiger partial charge in [0.25, 0.3) is 0 Å². The highest BCUT2D eigenvalue weighted by Crippen LogP contribution is 2.12. The zero-order valence-corrected chi connectivity index (χ0v) is 13.8. The molecule has 1 saturated heterocycles. The van der Waals surface area contributed by atoms with Crippen LogP contribution in [0.15, 0.2) is 42.7 Å². The van der Waals surface area contributed by atoms with Gasteiger partial charge in [0.15, 0.2) is 0 Å². The van der Waals surface area contributed by atoms with Crippen LogP contribution in [0.3, 0.4) is 0 Å². The van der Waals surface area contributed by atoms with Gasteiger partial charge in [-0.2, -0.15) is 5.10 Å². The molecular weight excluding hydrogens is 304 g/mol. The Morgan fingerprint density at radius 2 is 2.21 bits per heavy atom. The van der Waals surface area contributed by atoms with E-state index in [-0.39, 0.29) is 12.0 Å².